The molecule has 57 heavy (non-hydrogen) atoms. The minimum Gasteiger partial charge on any atom is -0.309 e. The first-order valence-corrected chi connectivity index (χ1v) is 20.0. The Morgan fingerprint density at radius 2 is 0.877 bits per heavy atom. The highest BCUT2D eigenvalue weighted by atomic mass is 15.2. The third kappa shape index (κ3) is 4.76. The van der Waals surface area contributed by atoms with E-state index in [0.717, 1.165) is 11.4 Å². The van der Waals surface area contributed by atoms with Gasteiger partial charge in [-0.1, -0.05) is 208 Å². The molecule has 0 unspecified atom stereocenters. The number of hydrogen-bond donors (Lipinski definition) is 0. The maximum absolute atomic E-state index is 2.60. The van der Waals surface area contributed by atoms with Gasteiger partial charge < -0.3 is 4.90 Å². The van der Waals surface area contributed by atoms with Crippen LogP contribution in [0.2, 0.25) is 0 Å². The standard InChI is InChI=1S/C56H41N/c1-55(2)46-32-17-14-30-44(46)53-51(37-39-23-12-13-29-43(39)54(53)55)57(49-35-19-16-28-42(49)38-21-6-3-7-22-38)50-36-20-34-48-52(50)45-31-15-18-33-47(45)56(48,40-24-8-4-9-25-40)41-26-10-5-11-27-41/h3-37H,1-2H3. The second-order valence-electron chi connectivity index (χ2n) is 16.0. The van der Waals surface area contributed by atoms with E-state index in [4.69, 9.17) is 0 Å². The van der Waals surface area contributed by atoms with Crippen molar-refractivity contribution >= 4 is 27.8 Å². The Bertz CT molecular complexity index is 2940. The summed E-state index contributed by atoms with van der Waals surface area (Å²) < 4.78 is 0. The van der Waals surface area contributed by atoms with Gasteiger partial charge in [0.2, 0.25) is 0 Å². The van der Waals surface area contributed by atoms with Gasteiger partial charge in [-0.15, -0.1) is 0 Å². The van der Waals surface area contributed by atoms with E-state index in [1.54, 1.807) is 0 Å². The SMILES string of the molecule is CC1(C)c2ccccc2-c2c(N(c3ccccc3-c3ccccc3)c3cccc4c3-c3ccccc3C4(c3ccccc3)c3ccccc3)cc3ccccc3c21. The van der Waals surface area contributed by atoms with Crippen molar-refractivity contribution in [1.29, 1.82) is 0 Å². The molecule has 11 rings (SSSR count). The summed E-state index contributed by atoms with van der Waals surface area (Å²) in [6.07, 6.45) is 0. The summed E-state index contributed by atoms with van der Waals surface area (Å²) in [6.45, 7) is 4.81. The van der Waals surface area contributed by atoms with Gasteiger partial charge in [-0.2, -0.15) is 0 Å². The van der Waals surface area contributed by atoms with Crippen LogP contribution in [0.25, 0.3) is 44.2 Å². The molecule has 1 nitrogen and oxygen atoms in total. The summed E-state index contributed by atoms with van der Waals surface area (Å²) in [5, 5.41) is 2.55. The summed E-state index contributed by atoms with van der Waals surface area (Å²) in [7, 11) is 0. The van der Waals surface area contributed by atoms with Gasteiger partial charge in [0, 0.05) is 22.1 Å². The lowest BCUT2D eigenvalue weighted by Crippen LogP contribution is -2.28. The monoisotopic (exact) mass is 727 g/mol. The number of para-hydroxylation sites is 1. The van der Waals surface area contributed by atoms with Crippen molar-refractivity contribution in [1.82, 2.24) is 0 Å². The van der Waals surface area contributed by atoms with Crippen LogP contribution in [0.1, 0.15) is 47.2 Å². The molecule has 0 atom stereocenters. The Labute approximate surface area is 335 Å². The molecule has 0 amide bonds. The second kappa shape index (κ2) is 12.8. The lowest BCUT2D eigenvalue weighted by atomic mass is 9.68. The van der Waals surface area contributed by atoms with Gasteiger partial charge in [0.1, 0.15) is 0 Å². The quantitative estimate of drug-likeness (QED) is 0.165. The molecule has 0 spiro atoms. The molecule has 0 aliphatic heterocycles. The predicted octanol–water partition coefficient (Wildman–Crippen LogP) is 14.6. The largest absolute Gasteiger partial charge is 0.309 e. The highest BCUT2D eigenvalue weighted by molar-refractivity contribution is 6.09. The topological polar surface area (TPSA) is 3.24 Å². The molecule has 2 aliphatic carbocycles. The molecule has 0 saturated heterocycles. The van der Waals surface area contributed by atoms with E-state index < -0.39 is 5.41 Å². The Morgan fingerprint density at radius 3 is 1.58 bits per heavy atom. The number of fused-ring (bicyclic) bond motifs is 8. The van der Waals surface area contributed by atoms with Crippen molar-refractivity contribution < 1.29 is 0 Å². The minimum absolute atomic E-state index is 0.201. The molecular formula is C56H41N. The van der Waals surface area contributed by atoms with Crippen LogP contribution in [-0.4, -0.2) is 0 Å². The predicted molar refractivity (Wildman–Crippen MR) is 239 cm³/mol. The van der Waals surface area contributed by atoms with Crippen LogP contribution in [0, 0.1) is 0 Å². The molecule has 2 aliphatic rings. The number of benzene rings is 9. The molecule has 0 heterocycles. The molecule has 0 saturated carbocycles. The summed E-state index contributed by atoms with van der Waals surface area (Å²) in [4.78, 5) is 2.60. The third-order valence-electron chi connectivity index (χ3n) is 12.7. The van der Waals surface area contributed by atoms with Gasteiger partial charge in [0.25, 0.3) is 0 Å². The van der Waals surface area contributed by atoms with Crippen molar-refractivity contribution in [2.45, 2.75) is 24.7 Å². The van der Waals surface area contributed by atoms with E-state index in [2.05, 4.69) is 231 Å². The van der Waals surface area contributed by atoms with E-state index >= 15 is 0 Å². The zero-order chi connectivity index (χ0) is 38.1. The molecule has 270 valence electrons. The van der Waals surface area contributed by atoms with Crippen molar-refractivity contribution in [3.05, 3.63) is 246 Å². The lowest BCUT2D eigenvalue weighted by molar-refractivity contribution is 0.666. The van der Waals surface area contributed by atoms with Crippen molar-refractivity contribution in [3.8, 4) is 33.4 Å². The zero-order valence-corrected chi connectivity index (χ0v) is 32.2. The van der Waals surface area contributed by atoms with Gasteiger partial charge in [0.15, 0.2) is 0 Å². The summed E-state index contributed by atoms with van der Waals surface area (Å²) >= 11 is 0. The molecule has 1 heteroatoms. The molecule has 0 fully saturated rings. The summed E-state index contributed by atoms with van der Waals surface area (Å²) in [5.74, 6) is 0. The maximum atomic E-state index is 2.60. The van der Waals surface area contributed by atoms with E-state index in [9.17, 15) is 0 Å². The van der Waals surface area contributed by atoms with Crippen molar-refractivity contribution in [2.24, 2.45) is 0 Å². The highest BCUT2D eigenvalue weighted by Crippen LogP contribution is 2.62. The van der Waals surface area contributed by atoms with E-state index in [1.165, 1.54) is 83.2 Å². The molecule has 0 radical (unpaired) electrons. The maximum Gasteiger partial charge on any atom is 0.0714 e. The first kappa shape index (κ1) is 33.4. The van der Waals surface area contributed by atoms with Gasteiger partial charge in [-0.25, -0.2) is 0 Å². The molecule has 0 N–H and O–H groups in total. The fraction of sp³-hybridized carbons (Fsp3) is 0.0714. The Morgan fingerprint density at radius 1 is 0.368 bits per heavy atom. The average Bonchev–Trinajstić information content (AvgIpc) is 3.72. The minimum atomic E-state index is -0.519. The van der Waals surface area contributed by atoms with Crippen molar-refractivity contribution in [3.63, 3.8) is 0 Å². The lowest BCUT2D eigenvalue weighted by Gasteiger charge is -2.35. The van der Waals surface area contributed by atoms with Crippen LogP contribution >= 0.6 is 0 Å². The normalized spacial score (nSPS) is 14.1. The second-order valence-corrected chi connectivity index (χ2v) is 16.0. The number of rotatable bonds is 6. The van der Waals surface area contributed by atoms with Gasteiger partial charge in [-0.3, -0.25) is 0 Å². The summed E-state index contributed by atoms with van der Waals surface area (Å²) in [6, 6.07) is 78.7. The Balaban J connectivity index is 1.31. The fourth-order valence-electron chi connectivity index (χ4n) is 10.4. The van der Waals surface area contributed by atoms with Crippen LogP contribution in [0.3, 0.4) is 0 Å². The van der Waals surface area contributed by atoms with Crippen molar-refractivity contribution in [2.75, 3.05) is 4.90 Å². The summed E-state index contributed by atoms with van der Waals surface area (Å²) in [5.41, 5.74) is 18.1. The smallest absolute Gasteiger partial charge is 0.0714 e. The van der Waals surface area contributed by atoms with Gasteiger partial charge in [-0.05, 0) is 79.0 Å². The van der Waals surface area contributed by atoms with Crippen LogP contribution in [0.4, 0.5) is 17.1 Å². The third-order valence-corrected chi connectivity index (χ3v) is 12.7. The zero-order valence-electron chi connectivity index (χ0n) is 32.2. The first-order valence-electron chi connectivity index (χ1n) is 20.0. The van der Waals surface area contributed by atoms with Crippen LogP contribution in [0.15, 0.2) is 212 Å². The van der Waals surface area contributed by atoms with Crippen LogP contribution < -0.4 is 4.90 Å². The van der Waals surface area contributed by atoms with Crippen LogP contribution in [-0.2, 0) is 10.8 Å². The molecule has 0 bridgehead atoms. The molecular weight excluding hydrogens is 687 g/mol. The van der Waals surface area contributed by atoms with Crippen LogP contribution in [0.5, 0.6) is 0 Å². The number of anilines is 3. The molecule has 9 aromatic carbocycles. The molecule has 0 aromatic heterocycles. The number of hydrogen-bond acceptors (Lipinski definition) is 1. The highest BCUT2D eigenvalue weighted by Gasteiger charge is 2.48. The van der Waals surface area contributed by atoms with Gasteiger partial charge in [0.05, 0.1) is 22.5 Å². The average molecular weight is 728 g/mol. The van der Waals surface area contributed by atoms with E-state index in [-0.39, 0.29) is 5.41 Å². The Hall–Kier alpha value is -6.96. The first-order chi connectivity index (χ1) is 28.1. The van der Waals surface area contributed by atoms with E-state index in [1.807, 2.05) is 0 Å². The fourth-order valence-corrected chi connectivity index (χ4v) is 10.4. The van der Waals surface area contributed by atoms with E-state index in [0.29, 0.717) is 0 Å². The Kier molecular flexibility index (Phi) is 7.50. The molecule has 9 aromatic rings. The van der Waals surface area contributed by atoms with Gasteiger partial charge >= 0.3 is 0 Å². The number of nitrogens with zero attached hydrogens (tertiary/aromatic N) is 1.